The van der Waals surface area contributed by atoms with Crippen molar-refractivity contribution in [3.05, 3.63) is 77.9 Å². The van der Waals surface area contributed by atoms with Gasteiger partial charge in [0.15, 0.2) is 17.4 Å². The fraction of sp³-hybridized carbons (Fsp3) is 0.222. The summed E-state index contributed by atoms with van der Waals surface area (Å²) >= 11 is 0. The molecular formula is C27H28N2O4. The molecule has 4 rings (SSSR count). The summed E-state index contributed by atoms with van der Waals surface area (Å²) in [5, 5.41) is 11.8. The average molecular weight is 445 g/mol. The molecule has 0 saturated carbocycles. The van der Waals surface area contributed by atoms with E-state index < -0.39 is 0 Å². The predicted octanol–water partition coefficient (Wildman–Crippen LogP) is 6.24. The standard InChI is InChI=1S/C27H28N2O4/c1-4-31-20-14-12-19(13-15-20)28-26(18-10-8-7-9-11-18)25-21-16-23(32-5-2)24(33-6-3)17-22(21)29-27(25)30/h7-17,29-30H,4-6H2,1-3H3. The third kappa shape index (κ3) is 4.80. The first-order valence-corrected chi connectivity index (χ1v) is 11.2. The van der Waals surface area contributed by atoms with Crippen LogP contribution in [0, 0.1) is 0 Å². The molecule has 0 saturated heterocycles. The lowest BCUT2D eigenvalue weighted by molar-refractivity contribution is 0.288. The van der Waals surface area contributed by atoms with Crippen molar-refractivity contribution in [2.24, 2.45) is 4.99 Å². The number of nitrogens with zero attached hydrogens (tertiary/aromatic N) is 1. The van der Waals surface area contributed by atoms with Gasteiger partial charge in [-0.1, -0.05) is 30.3 Å². The van der Waals surface area contributed by atoms with Gasteiger partial charge in [0.2, 0.25) is 0 Å². The monoisotopic (exact) mass is 444 g/mol. The number of H-pyrrole nitrogens is 1. The predicted molar refractivity (Wildman–Crippen MR) is 132 cm³/mol. The highest BCUT2D eigenvalue weighted by Crippen LogP contribution is 2.38. The molecule has 33 heavy (non-hydrogen) atoms. The minimum atomic E-state index is 0.0367. The van der Waals surface area contributed by atoms with Crippen LogP contribution in [0.1, 0.15) is 31.9 Å². The zero-order valence-corrected chi connectivity index (χ0v) is 19.1. The summed E-state index contributed by atoms with van der Waals surface area (Å²) in [4.78, 5) is 8.00. The highest BCUT2D eigenvalue weighted by atomic mass is 16.5. The first kappa shape index (κ1) is 22.3. The van der Waals surface area contributed by atoms with Gasteiger partial charge in [-0.2, -0.15) is 0 Å². The smallest absolute Gasteiger partial charge is 0.199 e. The normalized spacial score (nSPS) is 11.5. The largest absolute Gasteiger partial charge is 0.494 e. The van der Waals surface area contributed by atoms with Crippen LogP contribution in [0.15, 0.2) is 71.7 Å². The molecule has 0 atom stereocenters. The number of hydrogen-bond acceptors (Lipinski definition) is 5. The summed E-state index contributed by atoms with van der Waals surface area (Å²) in [6.07, 6.45) is 0. The first-order valence-electron chi connectivity index (χ1n) is 11.2. The van der Waals surface area contributed by atoms with Crippen LogP contribution in [0.2, 0.25) is 0 Å². The van der Waals surface area contributed by atoms with Gasteiger partial charge in [-0.3, -0.25) is 0 Å². The number of fused-ring (bicyclic) bond motifs is 1. The average Bonchev–Trinajstić information content (AvgIpc) is 3.14. The Morgan fingerprint density at radius 2 is 1.45 bits per heavy atom. The number of aromatic nitrogens is 1. The van der Waals surface area contributed by atoms with Crippen molar-refractivity contribution in [2.75, 3.05) is 19.8 Å². The molecule has 6 nitrogen and oxygen atoms in total. The van der Waals surface area contributed by atoms with E-state index in [0.29, 0.717) is 42.6 Å². The van der Waals surface area contributed by atoms with Gasteiger partial charge in [0.05, 0.1) is 42.3 Å². The highest BCUT2D eigenvalue weighted by molar-refractivity contribution is 6.22. The van der Waals surface area contributed by atoms with Crippen LogP contribution in [-0.4, -0.2) is 35.6 Å². The van der Waals surface area contributed by atoms with Gasteiger partial charge in [0.1, 0.15) is 5.75 Å². The Balaban J connectivity index is 1.90. The summed E-state index contributed by atoms with van der Waals surface area (Å²) in [5.41, 5.74) is 3.63. The minimum absolute atomic E-state index is 0.0367. The van der Waals surface area contributed by atoms with Crippen LogP contribution in [0.3, 0.4) is 0 Å². The molecule has 0 spiro atoms. The van der Waals surface area contributed by atoms with Gasteiger partial charge in [0, 0.05) is 17.0 Å². The van der Waals surface area contributed by atoms with Crippen molar-refractivity contribution in [1.82, 2.24) is 4.98 Å². The zero-order valence-electron chi connectivity index (χ0n) is 19.1. The Morgan fingerprint density at radius 1 is 0.818 bits per heavy atom. The second kappa shape index (κ2) is 10.1. The topological polar surface area (TPSA) is 76.1 Å². The Hall–Kier alpha value is -3.93. The molecule has 1 aromatic heterocycles. The van der Waals surface area contributed by atoms with Crippen LogP contribution in [0.25, 0.3) is 10.9 Å². The number of hydrogen-bond donors (Lipinski definition) is 2. The molecule has 0 bridgehead atoms. The molecule has 1 heterocycles. The Morgan fingerprint density at radius 3 is 2.09 bits per heavy atom. The molecule has 0 amide bonds. The molecule has 0 fully saturated rings. The van der Waals surface area contributed by atoms with Crippen LogP contribution in [-0.2, 0) is 0 Å². The van der Waals surface area contributed by atoms with E-state index in [1.807, 2.05) is 87.5 Å². The van der Waals surface area contributed by atoms with Crippen LogP contribution in [0.5, 0.6) is 23.1 Å². The van der Waals surface area contributed by atoms with Gasteiger partial charge in [-0.15, -0.1) is 0 Å². The second-order valence-electron chi connectivity index (χ2n) is 7.31. The molecule has 0 radical (unpaired) electrons. The number of ether oxygens (including phenoxy) is 3. The van der Waals surface area contributed by atoms with E-state index in [4.69, 9.17) is 19.2 Å². The minimum Gasteiger partial charge on any atom is -0.494 e. The van der Waals surface area contributed by atoms with E-state index in [0.717, 1.165) is 27.9 Å². The van der Waals surface area contributed by atoms with Crippen molar-refractivity contribution >= 4 is 22.3 Å². The molecule has 0 aliphatic carbocycles. The Labute approximate surface area is 193 Å². The number of rotatable bonds is 9. The quantitative estimate of drug-likeness (QED) is 0.300. The summed E-state index contributed by atoms with van der Waals surface area (Å²) in [5.74, 6) is 2.08. The van der Waals surface area contributed by atoms with Crippen LogP contribution >= 0.6 is 0 Å². The molecule has 6 heteroatoms. The van der Waals surface area contributed by atoms with Crippen LogP contribution < -0.4 is 14.2 Å². The van der Waals surface area contributed by atoms with E-state index in [2.05, 4.69) is 4.98 Å². The number of aromatic amines is 1. The maximum Gasteiger partial charge on any atom is 0.199 e. The second-order valence-corrected chi connectivity index (χ2v) is 7.31. The summed E-state index contributed by atoms with van der Waals surface area (Å²) in [6.45, 7) is 7.43. The summed E-state index contributed by atoms with van der Waals surface area (Å²) in [6, 6.07) is 21.1. The van der Waals surface area contributed by atoms with E-state index >= 15 is 0 Å². The molecule has 0 unspecified atom stereocenters. The molecular weight excluding hydrogens is 416 g/mol. The fourth-order valence-corrected chi connectivity index (χ4v) is 3.74. The zero-order chi connectivity index (χ0) is 23.2. The first-order chi connectivity index (χ1) is 16.1. The maximum absolute atomic E-state index is 11.0. The Kier molecular flexibility index (Phi) is 6.83. The molecule has 2 N–H and O–H groups in total. The van der Waals surface area contributed by atoms with E-state index in [-0.39, 0.29) is 5.88 Å². The van der Waals surface area contributed by atoms with Crippen molar-refractivity contribution in [2.45, 2.75) is 20.8 Å². The van der Waals surface area contributed by atoms with Crippen LogP contribution in [0.4, 0.5) is 5.69 Å². The Bertz CT molecular complexity index is 1240. The molecule has 4 aromatic rings. The van der Waals surface area contributed by atoms with E-state index in [9.17, 15) is 5.11 Å². The SMILES string of the molecule is CCOc1ccc(N=C(c2ccccc2)c2c(O)[nH]c3cc(OCC)c(OCC)cc23)cc1. The maximum atomic E-state index is 11.0. The van der Waals surface area contributed by atoms with Gasteiger partial charge < -0.3 is 24.3 Å². The van der Waals surface area contributed by atoms with Gasteiger partial charge in [-0.25, -0.2) is 4.99 Å². The summed E-state index contributed by atoms with van der Waals surface area (Å²) < 4.78 is 17.1. The lowest BCUT2D eigenvalue weighted by atomic mass is 10.0. The van der Waals surface area contributed by atoms with Gasteiger partial charge in [0.25, 0.3) is 0 Å². The highest BCUT2D eigenvalue weighted by Gasteiger charge is 2.21. The van der Waals surface area contributed by atoms with Crippen molar-refractivity contribution in [3.63, 3.8) is 0 Å². The number of aliphatic imine (C=N–C) groups is 1. The lowest BCUT2D eigenvalue weighted by Crippen LogP contribution is -2.03. The fourth-order valence-electron chi connectivity index (χ4n) is 3.74. The molecule has 0 aliphatic heterocycles. The number of nitrogens with one attached hydrogen (secondary N) is 1. The van der Waals surface area contributed by atoms with Crippen molar-refractivity contribution < 1.29 is 19.3 Å². The third-order valence-electron chi connectivity index (χ3n) is 5.12. The van der Waals surface area contributed by atoms with Crippen molar-refractivity contribution in [3.8, 4) is 23.1 Å². The van der Waals surface area contributed by atoms with E-state index in [1.54, 1.807) is 0 Å². The van der Waals surface area contributed by atoms with Crippen molar-refractivity contribution in [1.29, 1.82) is 0 Å². The van der Waals surface area contributed by atoms with Gasteiger partial charge >= 0.3 is 0 Å². The molecule has 0 aliphatic rings. The summed E-state index contributed by atoms with van der Waals surface area (Å²) in [7, 11) is 0. The van der Waals surface area contributed by atoms with E-state index in [1.165, 1.54) is 0 Å². The third-order valence-corrected chi connectivity index (χ3v) is 5.12. The number of aromatic hydroxyl groups is 1. The molecule has 170 valence electrons. The van der Waals surface area contributed by atoms with Gasteiger partial charge in [-0.05, 0) is 51.1 Å². The lowest BCUT2D eigenvalue weighted by Gasteiger charge is -2.12. The molecule has 3 aromatic carbocycles. The number of benzene rings is 3.